The van der Waals surface area contributed by atoms with Crippen molar-refractivity contribution < 1.29 is 52.2 Å². The Labute approximate surface area is 301 Å². The fourth-order valence-corrected chi connectivity index (χ4v) is 7.40. The van der Waals surface area contributed by atoms with E-state index in [1.165, 1.54) is 0 Å². The lowest BCUT2D eigenvalue weighted by Crippen LogP contribution is -2.61. The van der Waals surface area contributed by atoms with E-state index in [4.69, 9.17) is 47.4 Å². The second-order valence-corrected chi connectivity index (χ2v) is 15.0. The molecule has 49 heavy (non-hydrogen) atoms. The van der Waals surface area contributed by atoms with Crippen LogP contribution in [0.25, 0.3) is 0 Å². The average Bonchev–Trinajstić information content (AvgIpc) is 3.70. The van der Waals surface area contributed by atoms with E-state index in [1.54, 1.807) is 6.08 Å². The van der Waals surface area contributed by atoms with Gasteiger partial charge in [0, 0.05) is 6.42 Å². The molecule has 4 heterocycles. The van der Waals surface area contributed by atoms with Crippen LogP contribution in [0.2, 0.25) is 0 Å². The number of hydrogen-bond acceptors (Lipinski definition) is 11. The molecule has 12 heteroatoms. The monoisotopic (exact) mass is 794 g/mol. The van der Waals surface area contributed by atoms with Crippen molar-refractivity contribution in [2.24, 2.45) is 0 Å². The number of rotatable bonds is 14. The van der Waals surface area contributed by atoms with Crippen LogP contribution in [-0.4, -0.2) is 90.0 Å². The highest BCUT2D eigenvalue weighted by Gasteiger charge is 2.61. The summed E-state index contributed by atoms with van der Waals surface area (Å²) in [6.45, 7) is 12.3. The van der Waals surface area contributed by atoms with Gasteiger partial charge in [0.1, 0.15) is 46.7 Å². The van der Waals surface area contributed by atoms with Gasteiger partial charge in [-0.25, -0.2) is 0 Å². The molecule has 0 aliphatic carbocycles. The molecule has 268 valence electrons. The Morgan fingerprint density at radius 3 is 2.22 bits per heavy atom. The highest BCUT2D eigenvalue weighted by Crippen LogP contribution is 2.44. The Balaban J connectivity index is 1.27. The maximum absolute atomic E-state index is 13.2. The molecule has 0 spiro atoms. The minimum Gasteiger partial charge on any atom is -0.458 e. The van der Waals surface area contributed by atoms with Gasteiger partial charge in [0.15, 0.2) is 24.2 Å². The molecule has 4 saturated heterocycles. The van der Waals surface area contributed by atoms with Gasteiger partial charge in [-0.3, -0.25) is 4.79 Å². The summed E-state index contributed by atoms with van der Waals surface area (Å²) < 4.78 is 63.0. The normalized spacial score (nSPS) is 34.8. The lowest BCUT2D eigenvalue weighted by atomic mass is 10.00. The molecule has 0 unspecified atom stereocenters. The Hall–Kier alpha value is -1.98. The molecule has 0 N–H and O–H groups in total. The fourth-order valence-electron chi connectivity index (χ4n) is 6.50. The first-order valence-corrected chi connectivity index (χ1v) is 18.1. The number of benzene rings is 2. The lowest BCUT2D eigenvalue weighted by Gasteiger charge is -2.45. The molecule has 0 saturated carbocycles. The van der Waals surface area contributed by atoms with Crippen LogP contribution in [0.4, 0.5) is 0 Å². The molecule has 4 aliphatic heterocycles. The van der Waals surface area contributed by atoms with Crippen LogP contribution in [-0.2, 0) is 65.4 Å². The number of fused-ring (bicyclic) bond motifs is 1. The van der Waals surface area contributed by atoms with E-state index < -0.39 is 70.8 Å². The molecule has 0 radical (unpaired) electrons. The summed E-state index contributed by atoms with van der Waals surface area (Å²) in [6.07, 6.45) is -3.43. The third kappa shape index (κ3) is 9.28. The fraction of sp³-hybridized carbons (Fsp3) is 0.595. The van der Waals surface area contributed by atoms with Gasteiger partial charge in [0.05, 0.1) is 26.4 Å². The zero-order valence-electron chi connectivity index (χ0n) is 28.4. The van der Waals surface area contributed by atoms with Crippen LogP contribution in [0.5, 0.6) is 0 Å². The zero-order valence-corrected chi connectivity index (χ0v) is 30.6. The molecular weight excluding hydrogens is 747 g/mol. The molecule has 0 aromatic heterocycles. The van der Waals surface area contributed by atoms with Crippen molar-refractivity contribution in [1.29, 1.82) is 0 Å². The van der Waals surface area contributed by atoms with Crippen molar-refractivity contribution in [2.75, 3.05) is 13.2 Å². The molecule has 0 bridgehead atoms. The topological polar surface area (TPSA) is 109 Å². The van der Waals surface area contributed by atoms with E-state index in [9.17, 15) is 4.79 Å². The van der Waals surface area contributed by atoms with Crippen LogP contribution < -0.4 is 0 Å². The van der Waals surface area contributed by atoms with Crippen molar-refractivity contribution in [3.63, 3.8) is 0 Å². The van der Waals surface area contributed by atoms with E-state index in [-0.39, 0.29) is 25.6 Å². The minimum atomic E-state index is -0.876. The standard InChI is InChI=1S/C37H47IO11/c1-6-7-18-27(39)44-31-28(38)34(46-32-30(26-22-42-36(2,3)47-26)45-35-33(32)48-37(4,5)49-35)43-25(21-40-19-23-14-10-8-11-15-23)29(31)41-20-24-16-12-9-13-17-24/h6,8-17,25-26,28-35H,1,7,18-22H2,2-5H3/t25-,26-,28+,29+,30-,31-,32+,33-,34-,35-/m1/s1. The molecule has 2 aromatic rings. The number of ether oxygens (including phenoxy) is 10. The first-order valence-electron chi connectivity index (χ1n) is 16.9. The van der Waals surface area contributed by atoms with Crippen molar-refractivity contribution in [3.05, 3.63) is 84.4 Å². The predicted octanol–water partition coefficient (Wildman–Crippen LogP) is 5.61. The number of esters is 1. The highest BCUT2D eigenvalue weighted by molar-refractivity contribution is 14.1. The van der Waals surface area contributed by atoms with Gasteiger partial charge in [0.2, 0.25) is 0 Å². The molecule has 11 nitrogen and oxygen atoms in total. The van der Waals surface area contributed by atoms with Crippen molar-refractivity contribution >= 4 is 28.6 Å². The van der Waals surface area contributed by atoms with E-state index in [0.717, 1.165) is 11.1 Å². The Bertz CT molecular complexity index is 1370. The Morgan fingerprint density at radius 1 is 0.878 bits per heavy atom. The molecule has 2 aromatic carbocycles. The van der Waals surface area contributed by atoms with Crippen molar-refractivity contribution in [2.45, 2.75) is 125 Å². The summed E-state index contributed by atoms with van der Waals surface area (Å²) in [5.41, 5.74) is 2.00. The van der Waals surface area contributed by atoms with E-state index in [2.05, 4.69) is 29.2 Å². The van der Waals surface area contributed by atoms with Crippen LogP contribution in [0.1, 0.15) is 51.7 Å². The Kier molecular flexibility index (Phi) is 12.1. The number of halogens is 1. The van der Waals surface area contributed by atoms with Gasteiger partial charge < -0.3 is 47.4 Å². The van der Waals surface area contributed by atoms with Crippen molar-refractivity contribution in [3.8, 4) is 0 Å². The summed E-state index contributed by atoms with van der Waals surface area (Å²) >= 11 is 2.24. The summed E-state index contributed by atoms with van der Waals surface area (Å²) in [4.78, 5) is 13.2. The Morgan fingerprint density at radius 2 is 1.57 bits per heavy atom. The number of hydrogen-bond donors (Lipinski definition) is 0. The second kappa shape index (κ2) is 16.1. The van der Waals surface area contributed by atoms with Crippen molar-refractivity contribution in [1.82, 2.24) is 0 Å². The van der Waals surface area contributed by atoms with Gasteiger partial charge >= 0.3 is 5.97 Å². The van der Waals surface area contributed by atoms with Gasteiger partial charge in [-0.1, -0.05) is 89.3 Å². The third-order valence-electron chi connectivity index (χ3n) is 8.79. The lowest BCUT2D eigenvalue weighted by molar-refractivity contribution is -0.296. The molecule has 10 atom stereocenters. The average molecular weight is 795 g/mol. The number of alkyl halides is 1. The minimum absolute atomic E-state index is 0.162. The summed E-state index contributed by atoms with van der Waals surface area (Å²) in [6, 6.07) is 19.7. The quantitative estimate of drug-likeness (QED) is 0.103. The highest BCUT2D eigenvalue weighted by atomic mass is 127. The third-order valence-corrected chi connectivity index (χ3v) is 10.1. The van der Waals surface area contributed by atoms with Crippen LogP contribution in [0, 0.1) is 0 Å². The van der Waals surface area contributed by atoms with Gasteiger partial charge in [-0.15, -0.1) is 6.58 Å². The predicted molar refractivity (Wildman–Crippen MR) is 185 cm³/mol. The first kappa shape index (κ1) is 36.8. The molecule has 0 amide bonds. The zero-order chi connectivity index (χ0) is 34.6. The van der Waals surface area contributed by atoms with Gasteiger partial charge in [-0.2, -0.15) is 0 Å². The largest absolute Gasteiger partial charge is 0.458 e. The number of allylic oxidation sites excluding steroid dienone is 1. The molecule has 6 rings (SSSR count). The smallest absolute Gasteiger partial charge is 0.306 e. The van der Waals surface area contributed by atoms with Crippen LogP contribution in [0.15, 0.2) is 73.3 Å². The van der Waals surface area contributed by atoms with Gasteiger partial charge in [0.25, 0.3) is 0 Å². The maximum Gasteiger partial charge on any atom is 0.306 e. The molecular formula is C37H47IO11. The first-order chi connectivity index (χ1) is 23.5. The summed E-state index contributed by atoms with van der Waals surface area (Å²) in [7, 11) is 0. The molecule has 4 aliphatic rings. The maximum atomic E-state index is 13.2. The van der Waals surface area contributed by atoms with E-state index in [1.807, 2.05) is 88.4 Å². The summed E-state index contributed by atoms with van der Waals surface area (Å²) in [5.74, 6) is -2.02. The van der Waals surface area contributed by atoms with Gasteiger partial charge in [-0.05, 0) is 45.2 Å². The van der Waals surface area contributed by atoms with Crippen LogP contribution in [0.3, 0.4) is 0 Å². The SMILES string of the molecule is C=CCCC(=O)O[C@@H]1[C@H](I)[C@@H](O[C@@H]2[C@H]3OC(C)(C)O[C@H]3O[C@@H]2[C@H]2COC(C)(C)O2)O[C@H](COCc2ccccc2)[C@@H]1OCc1ccccc1. The molecule has 4 fully saturated rings. The summed E-state index contributed by atoms with van der Waals surface area (Å²) in [5, 5.41) is 0. The number of carbonyl (C=O) groups is 1. The number of carbonyl (C=O) groups excluding carboxylic acids is 1. The van der Waals surface area contributed by atoms with Crippen LogP contribution >= 0.6 is 22.6 Å². The van der Waals surface area contributed by atoms with E-state index in [0.29, 0.717) is 19.6 Å². The van der Waals surface area contributed by atoms with E-state index >= 15 is 0 Å². The second-order valence-electron chi connectivity index (χ2n) is 13.6.